The molecule has 0 spiro atoms. The molecule has 0 unspecified atom stereocenters. The average molecular weight is 217 g/mol. The molecule has 6 heteroatoms. The van der Waals surface area contributed by atoms with Gasteiger partial charge in [0.05, 0.1) is 18.6 Å². The zero-order chi connectivity index (χ0) is 11.4. The van der Waals surface area contributed by atoms with E-state index in [9.17, 15) is 4.79 Å². The van der Waals surface area contributed by atoms with E-state index in [1.165, 1.54) is 23.2 Å². The number of aromatic nitrogens is 3. The van der Waals surface area contributed by atoms with Gasteiger partial charge in [-0.05, 0) is 12.1 Å². The fourth-order valence-corrected chi connectivity index (χ4v) is 1.32. The zero-order valence-electron chi connectivity index (χ0n) is 8.50. The van der Waals surface area contributed by atoms with Crippen molar-refractivity contribution in [1.29, 1.82) is 0 Å². The van der Waals surface area contributed by atoms with Gasteiger partial charge in [0, 0.05) is 12.3 Å². The lowest BCUT2D eigenvalue weighted by atomic mass is 10.3. The maximum Gasteiger partial charge on any atom is 0.253 e. The maximum absolute atomic E-state index is 11.4. The third-order valence-electron chi connectivity index (χ3n) is 2.08. The van der Waals surface area contributed by atoms with Crippen LogP contribution in [-0.4, -0.2) is 14.5 Å². The molecule has 6 nitrogen and oxygen atoms in total. The van der Waals surface area contributed by atoms with Crippen molar-refractivity contribution < 1.29 is 0 Å². The van der Waals surface area contributed by atoms with Gasteiger partial charge in [0.25, 0.3) is 5.56 Å². The molecule has 0 atom stereocenters. The number of hydrogen-bond acceptors (Lipinski definition) is 5. The Morgan fingerprint density at radius 1 is 1.38 bits per heavy atom. The molecule has 0 amide bonds. The monoisotopic (exact) mass is 217 g/mol. The van der Waals surface area contributed by atoms with Gasteiger partial charge in [-0.25, -0.2) is 15.8 Å². The molecular formula is C10H11N5O. The first-order chi connectivity index (χ1) is 7.79. The summed E-state index contributed by atoms with van der Waals surface area (Å²) in [6.07, 6.45) is 2.94. The number of nitrogens with two attached hydrogens (primary N) is 1. The van der Waals surface area contributed by atoms with E-state index in [0.717, 1.165) is 5.69 Å². The molecule has 0 saturated heterocycles. The second-order valence-corrected chi connectivity index (χ2v) is 3.20. The first-order valence-electron chi connectivity index (χ1n) is 4.72. The molecular weight excluding hydrogens is 206 g/mol. The first-order valence-corrected chi connectivity index (χ1v) is 4.72. The average Bonchev–Trinajstić information content (AvgIpc) is 2.32. The minimum Gasteiger partial charge on any atom is -0.308 e. The van der Waals surface area contributed by atoms with Crippen molar-refractivity contribution in [3.63, 3.8) is 0 Å². The topological polar surface area (TPSA) is 85.8 Å². The van der Waals surface area contributed by atoms with Gasteiger partial charge in [-0.3, -0.25) is 9.36 Å². The van der Waals surface area contributed by atoms with Crippen molar-refractivity contribution in [2.45, 2.75) is 6.54 Å². The van der Waals surface area contributed by atoms with Crippen molar-refractivity contribution in [2.75, 3.05) is 5.43 Å². The molecule has 2 heterocycles. The SMILES string of the molecule is NNc1cccc(Cn2cnccc2=O)n1. The molecule has 0 aliphatic heterocycles. The number of rotatable bonds is 3. The number of anilines is 1. The molecule has 0 aliphatic rings. The lowest BCUT2D eigenvalue weighted by Crippen LogP contribution is -2.20. The first kappa shape index (κ1) is 10.3. The van der Waals surface area contributed by atoms with Crippen LogP contribution in [0, 0.1) is 0 Å². The van der Waals surface area contributed by atoms with E-state index in [1.807, 2.05) is 12.1 Å². The third-order valence-corrected chi connectivity index (χ3v) is 2.08. The summed E-state index contributed by atoms with van der Waals surface area (Å²) in [5.41, 5.74) is 3.09. The van der Waals surface area contributed by atoms with Gasteiger partial charge in [0.15, 0.2) is 0 Å². The van der Waals surface area contributed by atoms with Crippen LogP contribution in [0.15, 0.2) is 41.6 Å². The number of pyridine rings is 1. The Morgan fingerprint density at radius 3 is 3.00 bits per heavy atom. The predicted molar refractivity (Wildman–Crippen MR) is 59.6 cm³/mol. The van der Waals surface area contributed by atoms with Crippen LogP contribution in [-0.2, 0) is 6.54 Å². The van der Waals surface area contributed by atoms with Crippen molar-refractivity contribution >= 4 is 5.82 Å². The van der Waals surface area contributed by atoms with E-state index < -0.39 is 0 Å². The lowest BCUT2D eigenvalue weighted by molar-refractivity contribution is 0.719. The van der Waals surface area contributed by atoms with Gasteiger partial charge in [-0.1, -0.05) is 6.07 Å². The van der Waals surface area contributed by atoms with Crippen molar-refractivity contribution in [2.24, 2.45) is 5.84 Å². The minimum atomic E-state index is -0.108. The number of nitrogens with zero attached hydrogens (tertiary/aromatic N) is 3. The summed E-state index contributed by atoms with van der Waals surface area (Å²) in [7, 11) is 0. The van der Waals surface area contributed by atoms with Crippen LogP contribution in [0.3, 0.4) is 0 Å². The Morgan fingerprint density at radius 2 is 2.25 bits per heavy atom. The summed E-state index contributed by atoms with van der Waals surface area (Å²) in [5.74, 6) is 5.81. The molecule has 2 aromatic heterocycles. The van der Waals surface area contributed by atoms with Gasteiger partial charge in [0.1, 0.15) is 5.82 Å². The normalized spacial score (nSPS) is 10.1. The highest BCUT2D eigenvalue weighted by Gasteiger charge is 1.99. The summed E-state index contributed by atoms with van der Waals surface area (Å²) in [6.45, 7) is 0.377. The van der Waals surface area contributed by atoms with Gasteiger partial charge in [0.2, 0.25) is 0 Å². The smallest absolute Gasteiger partial charge is 0.253 e. The summed E-state index contributed by atoms with van der Waals surface area (Å²) in [5, 5.41) is 0. The predicted octanol–water partition coefficient (Wildman–Crippen LogP) is -0.0278. The van der Waals surface area contributed by atoms with Crippen LogP contribution in [0.25, 0.3) is 0 Å². The molecule has 0 fully saturated rings. The molecule has 16 heavy (non-hydrogen) atoms. The van der Waals surface area contributed by atoms with E-state index in [0.29, 0.717) is 12.4 Å². The van der Waals surface area contributed by atoms with E-state index in [4.69, 9.17) is 5.84 Å². The fraction of sp³-hybridized carbons (Fsp3) is 0.100. The van der Waals surface area contributed by atoms with Crippen LogP contribution in [0.2, 0.25) is 0 Å². The van der Waals surface area contributed by atoms with Gasteiger partial charge in [-0.15, -0.1) is 0 Å². The highest BCUT2D eigenvalue weighted by Crippen LogP contribution is 2.03. The molecule has 0 aliphatic carbocycles. The Labute approximate surface area is 91.7 Å². The quantitative estimate of drug-likeness (QED) is 0.557. The Bertz CT molecular complexity index is 536. The molecule has 82 valence electrons. The van der Waals surface area contributed by atoms with Crippen LogP contribution < -0.4 is 16.8 Å². The van der Waals surface area contributed by atoms with Crippen molar-refractivity contribution in [3.8, 4) is 0 Å². The van der Waals surface area contributed by atoms with Gasteiger partial charge in [-0.2, -0.15) is 0 Å². The summed E-state index contributed by atoms with van der Waals surface area (Å²) in [4.78, 5) is 19.5. The van der Waals surface area contributed by atoms with Gasteiger partial charge < -0.3 is 5.43 Å². The molecule has 0 aromatic carbocycles. The van der Waals surface area contributed by atoms with Crippen molar-refractivity contribution in [1.82, 2.24) is 14.5 Å². The third kappa shape index (κ3) is 2.23. The Kier molecular flexibility index (Phi) is 2.93. The second kappa shape index (κ2) is 4.54. The minimum absolute atomic E-state index is 0.108. The van der Waals surface area contributed by atoms with Crippen LogP contribution >= 0.6 is 0 Å². The number of nitrogens with one attached hydrogen (secondary N) is 1. The van der Waals surface area contributed by atoms with Gasteiger partial charge >= 0.3 is 0 Å². The van der Waals surface area contributed by atoms with Crippen LogP contribution in [0.4, 0.5) is 5.82 Å². The molecule has 0 radical (unpaired) electrons. The molecule has 0 saturated carbocycles. The highest BCUT2D eigenvalue weighted by atomic mass is 16.1. The zero-order valence-corrected chi connectivity index (χ0v) is 8.50. The molecule has 2 aromatic rings. The molecule has 0 bridgehead atoms. The van der Waals surface area contributed by atoms with Crippen molar-refractivity contribution in [3.05, 3.63) is 52.8 Å². The molecule has 2 rings (SSSR count). The van der Waals surface area contributed by atoms with Crippen LogP contribution in [0.5, 0.6) is 0 Å². The maximum atomic E-state index is 11.4. The number of nitrogen functional groups attached to an aromatic ring is 1. The highest BCUT2D eigenvalue weighted by molar-refractivity contribution is 5.33. The second-order valence-electron chi connectivity index (χ2n) is 3.20. The lowest BCUT2D eigenvalue weighted by Gasteiger charge is -2.05. The summed E-state index contributed by atoms with van der Waals surface area (Å²) >= 11 is 0. The summed E-state index contributed by atoms with van der Waals surface area (Å²) < 4.78 is 1.47. The van der Waals surface area contributed by atoms with E-state index in [1.54, 1.807) is 6.07 Å². The van der Waals surface area contributed by atoms with Crippen LogP contribution in [0.1, 0.15) is 5.69 Å². The number of hydrogen-bond donors (Lipinski definition) is 2. The number of hydrazine groups is 1. The fourth-order valence-electron chi connectivity index (χ4n) is 1.32. The standard InChI is InChI=1S/C10H11N5O/c11-14-9-3-1-2-8(13-9)6-15-7-12-5-4-10(15)16/h1-5,7H,6,11H2,(H,13,14). The Balaban J connectivity index is 2.27. The summed E-state index contributed by atoms with van der Waals surface area (Å²) in [6, 6.07) is 6.79. The largest absolute Gasteiger partial charge is 0.308 e. The van der Waals surface area contributed by atoms with E-state index in [-0.39, 0.29) is 5.56 Å². The molecule has 3 N–H and O–H groups in total. The Hall–Kier alpha value is -2.21. The van der Waals surface area contributed by atoms with E-state index >= 15 is 0 Å². The van der Waals surface area contributed by atoms with E-state index in [2.05, 4.69) is 15.4 Å².